The Kier molecular flexibility index (Phi) is 4.48. The van der Waals surface area contributed by atoms with Gasteiger partial charge in [0.25, 0.3) is 0 Å². The highest BCUT2D eigenvalue weighted by atomic mass is 32.1. The monoisotopic (exact) mass is 358 g/mol. The summed E-state index contributed by atoms with van der Waals surface area (Å²) in [6, 6.07) is 7.78. The fourth-order valence-corrected chi connectivity index (χ4v) is 4.52. The Morgan fingerprint density at radius 3 is 2.80 bits per heavy atom. The first kappa shape index (κ1) is 16.5. The second kappa shape index (κ2) is 6.77. The Balaban J connectivity index is 1.55. The van der Waals surface area contributed by atoms with Gasteiger partial charge in [-0.05, 0) is 75.1 Å². The summed E-state index contributed by atoms with van der Waals surface area (Å²) in [6.07, 6.45) is 2.37. The number of halogens is 1. The predicted octanol–water partition coefficient (Wildman–Crippen LogP) is 3.93. The van der Waals surface area contributed by atoms with Gasteiger partial charge in [0.05, 0.1) is 5.56 Å². The number of rotatable bonds is 2. The number of thiophene rings is 1. The highest BCUT2D eigenvalue weighted by Gasteiger charge is 2.29. The van der Waals surface area contributed by atoms with Crippen LogP contribution < -0.4 is 10.2 Å². The molecule has 0 spiro atoms. The fourth-order valence-electron chi connectivity index (χ4n) is 3.55. The fraction of sp³-hybridized carbons (Fsp3) is 0.421. The first-order valence-electron chi connectivity index (χ1n) is 8.72. The Hall–Kier alpha value is -1.92. The number of aliphatic imine (C=N–C) groups is 1. The van der Waals surface area contributed by atoms with Crippen molar-refractivity contribution in [3.63, 3.8) is 0 Å². The summed E-state index contributed by atoms with van der Waals surface area (Å²) in [5, 5.41) is 6.80. The van der Waals surface area contributed by atoms with E-state index >= 15 is 0 Å². The summed E-state index contributed by atoms with van der Waals surface area (Å²) in [7, 11) is 2.19. The smallest absolute Gasteiger partial charge is 0.137 e. The van der Waals surface area contributed by atoms with Gasteiger partial charge in [-0.2, -0.15) is 0 Å². The van der Waals surface area contributed by atoms with E-state index in [2.05, 4.69) is 33.6 Å². The third-order valence-electron chi connectivity index (χ3n) is 5.09. The van der Waals surface area contributed by atoms with E-state index in [4.69, 9.17) is 4.99 Å². The van der Waals surface area contributed by atoms with Crippen molar-refractivity contribution < 1.29 is 4.39 Å². The van der Waals surface area contributed by atoms with Crippen LogP contribution in [-0.2, 0) is 0 Å². The van der Waals surface area contributed by atoms with E-state index in [1.54, 1.807) is 24.3 Å². The van der Waals surface area contributed by atoms with Crippen LogP contribution >= 0.6 is 11.3 Å². The molecule has 25 heavy (non-hydrogen) atoms. The number of nitrogens with one attached hydrogen (secondary N) is 1. The van der Waals surface area contributed by atoms with E-state index in [1.807, 2.05) is 6.07 Å². The topological polar surface area (TPSA) is 30.9 Å². The highest BCUT2D eigenvalue weighted by Crippen LogP contribution is 2.35. The molecule has 0 aliphatic carbocycles. The molecule has 132 valence electrons. The van der Waals surface area contributed by atoms with Crippen LogP contribution in [0.15, 0.2) is 34.6 Å². The van der Waals surface area contributed by atoms with Crippen molar-refractivity contribution in [3.05, 3.63) is 46.6 Å². The van der Waals surface area contributed by atoms with Crippen molar-refractivity contribution in [3.8, 4) is 0 Å². The number of piperidine rings is 1. The van der Waals surface area contributed by atoms with Gasteiger partial charge in [-0.3, -0.25) is 0 Å². The molecule has 4 nitrogen and oxygen atoms in total. The minimum absolute atomic E-state index is 0.180. The van der Waals surface area contributed by atoms with Crippen molar-refractivity contribution in [1.82, 2.24) is 4.90 Å². The molecule has 3 heterocycles. The standard InChI is InChI=1S/C19H23FN4S/c1-13-11-14(3-4-17(13)20)22-18-16-7-10-25-19(16)24(12-21-18)15-5-8-23(2)9-6-15/h3-4,7,10-11,15H,5-6,8-9,12H2,1-2H3,(H,21,22). The number of hydrogen-bond donors (Lipinski definition) is 1. The van der Waals surface area contributed by atoms with E-state index in [9.17, 15) is 4.39 Å². The number of nitrogens with zero attached hydrogens (tertiary/aromatic N) is 3. The number of fused-ring (bicyclic) bond motifs is 1. The molecule has 0 radical (unpaired) electrons. The molecule has 1 fully saturated rings. The normalized spacial score (nSPS) is 18.8. The molecule has 1 aromatic carbocycles. The van der Waals surface area contributed by atoms with Crippen LogP contribution in [0.5, 0.6) is 0 Å². The summed E-state index contributed by atoms with van der Waals surface area (Å²) < 4.78 is 13.5. The predicted molar refractivity (Wildman–Crippen MR) is 103 cm³/mol. The minimum atomic E-state index is -0.180. The molecule has 2 aliphatic rings. The van der Waals surface area contributed by atoms with E-state index in [0.717, 1.165) is 30.2 Å². The molecular formula is C19H23FN4S. The molecule has 0 bridgehead atoms. The van der Waals surface area contributed by atoms with E-state index in [-0.39, 0.29) is 5.82 Å². The zero-order valence-corrected chi connectivity index (χ0v) is 15.4. The number of anilines is 2. The number of likely N-dealkylation sites (tertiary alicyclic amines) is 1. The molecule has 1 aromatic heterocycles. The van der Waals surface area contributed by atoms with E-state index < -0.39 is 0 Å². The Bertz CT molecular complexity index is 792. The summed E-state index contributed by atoms with van der Waals surface area (Å²) in [6.45, 7) is 4.75. The van der Waals surface area contributed by atoms with Crippen LogP contribution in [-0.4, -0.2) is 43.6 Å². The molecule has 0 atom stereocenters. The maximum Gasteiger partial charge on any atom is 0.137 e. The lowest BCUT2D eigenvalue weighted by Crippen LogP contribution is -2.45. The van der Waals surface area contributed by atoms with Crippen LogP contribution in [0.1, 0.15) is 24.0 Å². The molecule has 0 saturated carbocycles. The molecule has 4 rings (SSSR count). The first-order valence-corrected chi connectivity index (χ1v) is 9.60. The lowest BCUT2D eigenvalue weighted by atomic mass is 10.0. The summed E-state index contributed by atoms with van der Waals surface area (Å²) in [5.41, 5.74) is 2.67. The van der Waals surface area contributed by atoms with E-state index in [1.165, 1.54) is 23.9 Å². The zero-order chi connectivity index (χ0) is 17.4. The molecule has 6 heteroatoms. The van der Waals surface area contributed by atoms with Gasteiger partial charge < -0.3 is 15.1 Å². The lowest BCUT2D eigenvalue weighted by Gasteiger charge is -2.39. The zero-order valence-electron chi connectivity index (χ0n) is 14.6. The maximum atomic E-state index is 13.5. The van der Waals surface area contributed by atoms with Gasteiger partial charge in [0.1, 0.15) is 23.3 Å². The lowest BCUT2D eigenvalue weighted by molar-refractivity contribution is 0.250. The second-order valence-corrected chi connectivity index (χ2v) is 7.78. The third-order valence-corrected chi connectivity index (χ3v) is 6.04. The van der Waals surface area contributed by atoms with Crippen LogP contribution in [0.3, 0.4) is 0 Å². The number of benzene rings is 1. The largest absolute Gasteiger partial charge is 0.340 e. The van der Waals surface area contributed by atoms with Gasteiger partial charge in [0.15, 0.2) is 0 Å². The summed E-state index contributed by atoms with van der Waals surface area (Å²) in [4.78, 5) is 9.64. The quantitative estimate of drug-likeness (QED) is 0.883. The van der Waals surface area contributed by atoms with E-state index in [0.29, 0.717) is 18.3 Å². The van der Waals surface area contributed by atoms with Crippen molar-refractivity contribution in [2.24, 2.45) is 4.99 Å². The van der Waals surface area contributed by atoms with Crippen LogP contribution in [0, 0.1) is 12.7 Å². The third kappa shape index (κ3) is 3.28. The van der Waals surface area contributed by atoms with Gasteiger partial charge >= 0.3 is 0 Å². The maximum absolute atomic E-state index is 13.5. The highest BCUT2D eigenvalue weighted by molar-refractivity contribution is 7.14. The molecule has 2 aromatic rings. The van der Waals surface area contributed by atoms with Crippen LogP contribution in [0.4, 0.5) is 15.1 Å². The SMILES string of the molecule is Cc1cc(NC2=NCN(C3CCN(C)CC3)c3sccc32)ccc1F. The van der Waals surface area contributed by atoms with Gasteiger partial charge in [0.2, 0.25) is 0 Å². The van der Waals surface area contributed by atoms with Gasteiger partial charge in [-0.1, -0.05) is 0 Å². The minimum Gasteiger partial charge on any atom is -0.340 e. The van der Waals surface area contributed by atoms with Crippen LogP contribution in [0.2, 0.25) is 0 Å². The first-order chi connectivity index (χ1) is 12.1. The number of aryl methyl sites for hydroxylation is 1. The van der Waals surface area contributed by atoms with Gasteiger partial charge in [-0.15, -0.1) is 11.3 Å². The Labute approximate surface area is 152 Å². The van der Waals surface area contributed by atoms with Crippen molar-refractivity contribution in [2.75, 3.05) is 37.0 Å². The van der Waals surface area contributed by atoms with Crippen molar-refractivity contribution >= 4 is 27.9 Å². The van der Waals surface area contributed by atoms with Crippen molar-refractivity contribution in [2.45, 2.75) is 25.8 Å². The molecule has 0 amide bonds. The summed E-state index contributed by atoms with van der Waals surface area (Å²) >= 11 is 1.78. The Morgan fingerprint density at radius 2 is 2.04 bits per heavy atom. The average Bonchev–Trinajstić information content (AvgIpc) is 3.10. The average molecular weight is 358 g/mol. The molecule has 2 aliphatic heterocycles. The molecule has 1 saturated heterocycles. The van der Waals surface area contributed by atoms with Crippen LogP contribution in [0.25, 0.3) is 0 Å². The van der Waals surface area contributed by atoms with Gasteiger partial charge in [-0.25, -0.2) is 9.38 Å². The number of amidine groups is 1. The van der Waals surface area contributed by atoms with Crippen molar-refractivity contribution in [1.29, 1.82) is 0 Å². The second-order valence-electron chi connectivity index (χ2n) is 6.88. The number of hydrogen-bond acceptors (Lipinski definition) is 5. The Morgan fingerprint density at radius 1 is 1.24 bits per heavy atom. The molecule has 1 N–H and O–H groups in total. The molecular weight excluding hydrogens is 335 g/mol. The summed E-state index contributed by atoms with van der Waals surface area (Å²) in [5.74, 6) is 0.701. The molecule has 0 unspecified atom stereocenters. The van der Waals surface area contributed by atoms with Gasteiger partial charge in [0, 0.05) is 11.7 Å².